The Hall–Kier alpha value is -2.91. The van der Waals surface area contributed by atoms with E-state index in [4.69, 9.17) is 4.74 Å². The van der Waals surface area contributed by atoms with Crippen LogP contribution < -0.4 is 10.1 Å². The Morgan fingerprint density at radius 1 is 1.18 bits per heavy atom. The molecule has 2 aromatic carbocycles. The van der Waals surface area contributed by atoms with Crippen molar-refractivity contribution in [2.45, 2.75) is 26.0 Å². The Bertz CT molecular complexity index is 828. The van der Waals surface area contributed by atoms with E-state index in [0.29, 0.717) is 17.9 Å². The summed E-state index contributed by atoms with van der Waals surface area (Å²) in [5.41, 5.74) is 1.29. The smallest absolute Gasteiger partial charge is 0.261 e. The van der Waals surface area contributed by atoms with Crippen LogP contribution in [0.4, 0.5) is 4.39 Å². The van der Waals surface area contributed by atoms with Crippen LogP contribution in [0.2, 0.25) is 0 Å². The lowest BCUT2D eigenvalue weighted by Gasteiger charge is -2.27. The first-order valence-corrected chi connectivity index (χ1v) is 9.19. The number of para-hydroxylation sites is 1. The zero-order chi connectivity index (χ0) is 20.7. The predicted molar refractivity (Wildman–Crippen MR) is 106 cm³/mol. The molecule has 0 heterocycles. The number of ether oxygens (including phenoxy) is 1. The van der Waals surface area contributed by atoms with Crippen molar-refractivity contribution in [1.82, 2.24) is 10.2 Å². The van der Waals surface area contributed by atoms with Crippen LogP contribution in [0, 0.1) is 23.1 Å². The zero-order valence-electron chi connectivity index (χ0n) is 16.6. The standard InChI is InChI=1S/C22H26FN3O2/c1-15(2)21(28-20-8-6-5-7-17(20)13-24)22(27)25-14-19(26(3)4)16-9-11-18(23)12-10-16/h5-12,15,19,21H,14H2,1-4H3,(H,25,27). The molecule has 0 fully saturated rings. The molecule has 0 saturated heterocycles. The molecule has 0 saturated carbocycles. The van der Waals surface area contributed by atoms with Crippen LogP contribution in [0.25, 0.3) is 0 Å². The molecule has 2 unspecified atom stereocenters. The first kappa shape index (κ1) is 21.4. The van der Waals surface area contributed by atoms with Gasteiger partial charge in [0, 0.05) is 6.54 Å². The van der Waals surface area contributed by atoms with Crippen molar-refractivity contribution < 1.29 is 13.9 Å². The Morgan fingerprint density at radius 2 is 1.82 bits per heavy atom. The zero-order valence-corrected chi connectivity index (χ0v) is 16.6. The molecule has 2 atom stereocenters. The second kappa shape index (κ2) is 9.86. The van der Waals surface area contributed by atoms with Gasteiger partial charge in [0.05, 0.1) is 11.6 Å². The number of hydrogen-bond acceptors (Lipinski definition) is 4. The number of nitriles is 1. The van der Waals surface area contributed by atoms with Crippen molar-refractivity contribution >= 4 is 5.91 Å². The molecular weight excluding hydrogens is 357 g/mol. The summed E-state index contributed by atoms with van der Waals surface area (Å²) in [6.45, 7) is 4.13. The minimum absolute atomic E-state index is 0.0876. The van der Waals surface area contributed by atoms with Crippen molar-refractivity contribution in [2.75, 3.05) is 20.6 Å². The number of carbonyl (C=O) groups is 1. The Kier molecular flexibility index (Phi) is 7.53. The monoisotopic (exact) mass is 383 g/mol. The Labute approximate surface area is 165 Å². The molecule has 5 nitrogen and oxygen atoms in total. The van der Waals surface area contributed by atoms with E-state index in [2.05, 4.69) is 11.4 Å². The van der Waals surface area contributed by atoms with Crippen LogP contribution in [0.1, 0.15) is 31.0 Å². The Balaban J connectivity index is 2.10. The van der Waals surface area contributed by atoms with Gasteiger partial charge in [-0.2, -0.15) is 5.26 Å². The van der Waals surface area contributed by atoms with Crippen molar-refractivity contribution in [1.29, 1.82) is 5.26 Å². The number of nitrogens with zero attached hydrogens (tertiary/aromatic N) is 2. The molecule has 2 rings (SSSR count). The van der Waals surface area contributed by atoms with Crippen LogP contribution in [0.5, 0.6) is 5.75 Å². The quantitative estimate of drug-likeness (QED) is 0.757. The summed E-state index contributed by atoms with van der Waals surface area (Å²) in [6, 6.07) is 15.1. The number of benzene rings is 2. The second-order valence-corrected chi connectivity index (χ2v) is 7.17. The molecular formula is C22H26FN3O2. The highest BCUT2D eigenvalue weighted by atomic mass is 19.1. The van der Waals surface area contributed by atoms with E-state index in [-0.39, 0.29) is 23.7 Å². The molecule has 0 radical (unpaired) electrons. The van der Waals surface area contributed by atoms with E-state index in [1.165, 1.54) is 12.1 Å². The average Bonchev–Trinajstić information content (AvgIpc) is 2.67. The molecule has 0 spiro atoms. The molecule has 0 aromatic heterocycles. The van der Waals surface area contributed by atoms with Gasteiger partial charge in [-0.3, -0.25) is 4.79 Å². The number of hydrogen-bond donors (Lipinski definition) is 1. The van der Waals surface area contributed by atoms with Gasteiger partial charge >= 0.3 is 0 Å². The van der Waals surface area contributed by atoms with Crippen molar-refractivity contribution in [3.63, 3.8) is 0 Å². The van der Waals surface area contributed by atoms with E-state index in [0.717, 1.165) is 5.56 Å². The van der Waals surface area contributed by atoms with Gasteiger partial charge in [0.2, 0.25) is 0 Å². The van der Waals surface area contributed by atoms with Gasteiger partial charge in [-0.05, 0) is 49.8 Å². The number of nitrogens with one attached hydrogen (secondary N) is 1. The van der Waals surface area contributed by atoms with E-state index in [1.54, 1.807) is 36.4 Å². The summed E-state index contributed by atoms with van der Waals surface area (Å²) < 4.78 is 19.1. The van der Waals surface area contributed by atoms with Gasteiger partial charge in [0.25, 0.3) is 5.91 Å². The van der Waals surface area contributed by atoms with Gasteiger partial charge in [-0.25, -0.2) is 4.39 Å². The van der Waals surface area contributed by atoms with Crippen molar-refractivity contribution in [3.05, 3.63) is 65.5 Å². The third-order valence-corrected chi connectivity index (χ3v) is 4.47. The summed E-state index contributed by atoms with van der Waals surface area (Å²) in [7, 11) is 3.81. The maximum absolute atomic E-state index is 13.2. The number of rotatable bonds is 8. The summed E-state index contributed by atoms with van der Waals surface area (Å²) in [5.74, 6) is -0.247. The molecule has 0 aliphatic heterocycles. The molecule has 28 heavy (non-hydrogen) atoms. The van der Waals surface area contributed by atoms with Crippen molar-refractivity contribution in [3.8, 4) is 11.8 Å². The van der Waals surface area contributed by atoms with Gasteiger partial charge < -0.3 is 15.0 Å². The fourth-order valence-electron chi connectivity index (χ4n) is 2.87. The van der Waals surface area contributed by atoms with Crippen LogP contribution in [0.3, 0.4) is 0 Å². The maximum atomic E-state index is 13.2. The number of amides is 1. The molecule has 0 bridgehead atoms. The molecule has 0 aliphatic carbocycles. The SMILES string of the molecule is CC(C)C(Oc1ccccc1C#N)C(=O)NCC(c1ccc(F)cc1)N(C)C. The van der Waals surface area contributed by atoms with Crippen LogP contribution >= 0.6 is 0 Å². The van der Waals surface area contributed by atoms with Crippen LogP contribution in [-0.4, -0.2) is 37.6 Å². The molecule has 6 heteroatoms. The molecule has 148 valence electrons. The summed E-state index contributed by atoms with van der Waals surface area (Å²) in [6.07, 6.45) is -0.731. The highest BCUT2D eigenvalue weighted by Gasteiger charge is 2.26. The van der Waals surface area contributed by atoms with Gasteiger partial charge in [-0.15, -0.1) is 0 Å². The summed E-state index contributed by atoms with van der Waals surface area (Å²) in [5, 5.41) is 12.2. The first-order chi connectivity index (χ1) is 13.3. The van der Waals surface area contributed by atoms with Gasteiger partial charge in [0.1, 0.15) is 17.6 Å². The molecule has 2 aromatic rings. The summed E-state index contributed by atoms with van der Waals surface area (Å²) in [4.78, 5) is 14.8. The lowest BCUT2D eigenvalue weighted by atomic mass is 10.0. The van der Waals surface area contributed by atoms with E-state index in [9.17, 15) is 14.4 Å². The minimum Gasteiger partial charge on any atom is -0.479 e. The minimum atomic E-state index is -0.731. The topological polar surface area (TPSA) is 65.4 Å². The second-order valence-electron chi connectivity index (χ2n) is 7.17. The number of carbonyl (C=O) groups excluding carboxylic acids is 1. The van der Waals surface area contributed by atoms with Crippen molar-refractivity contribution in [2.24, 2.45) is 5.92 Å². The first-order valence-electron chi connectivity index (χ1n) is 9.19. The normalized spacial score (nSPS) is 13.1. The molecule has 1 amide bonds. The highest BCUT2D eigenvalue weighted by Crippen LogP contribution is 2.22. The van der Waals surface area contributed by atoms with Crippen LogP contribution in [0.15, 0.2) is 48.5 Å². The largest absolute Gasteiger partial charge is 0.479 e. The molecule has 1 N–H and O–H groups in total. The fourth-order valence-corrected chi connectivity index (χ4v) is 2.87. The van der Waals surface area contributed by atoms with Gasteiger partial charge in [-0.1, -0.05) is 38.1 Å². The molecule has 0 aliphatic rings. The Morgan fingerprint density at radius 3 is 2.39 bits per heavy atom. The van der Waals surface area contributed by atoms with Crippen LogP contribution in [-0.2, 0) is 4.79 Å². The maximum Gasteiger partial charge on any atom is 0.261 e. The number of likely N-dealkylation sites (N-methyl/N-ethyl adjacent to an activating group) is 1. The van der Waals surface area contributed by atoms with E-state index >= 15 is 0 Å². The lowest BCUT2D eigenvalue weighted by Crippen LogP contribution is -2.44. The summed E-state index contributed by atoms with van der Waals surface area (Å²) >= 11 is 0. The third kappa shape index (κ3) is 5.54. The third-order valence-electron chi connectivity index (χ3n) is 4.47. The predicted octanol–water partition coefficient (Wildman–Crippen LogP) is 3.52. The lowest BCUT2D eigenvalue weighted by molar-refractivity contribution is -0.130. The van der Waals surface area contributed by atoms with Gasteiger partial charge in [0.15, 0.2) is 6.10 Å². The fraction of sp³-hybridized carbons (Fsp3) is 0.364. The van der Waals surface area contributed by atoms with E-state index in [1.807, 2.05) is 32.8 Å². The number of halogens is 1. The highest BCUT2D eigenvalue weighted by molar-refractivity contribution is 5.81. The average molecular weight is 383 g/mol. The van der Waals surface area contributed by atoms with E-state index < -0.39 is 6.10 Å².